The van der Waals surface area contributed by atoms with Crippen LogP contribution in [0.2, 0.25) is 0 Å². The molecular formula is C20H14N2O2. The van der Waals surface area contributed by atoms with Crippen molar-refractivity contribution >= 4 is 28.6 Å². The molecular weight excluding hydrogens is 300 g/mol. The molecule has 0 unspecified atom stereocenters. The molecule has 0 atom stereocenters. The third-order valence-electron chi connectivity index (χ3n) is 3.79. The predicted molar refractivity (Wildman–Crippen MR) is 93.8 cm³/mol. The predicted octanol–water partition coefficient (Wildman–Crippen LogP) is 4.11. The van der Waals surface area contributed by atoms with Gasteiger partial charge in [0.05, 0.1) is 22.7 Å². The second-order valence-corrected chi connectivity index (χ2v) is 5.34. The molecule has 0 N–H and O–H groups in total. The van der Waals surface area contributed by atoms with Crippen LogP contribution in [-0.2, 0) is 4.79 Å². The SMILES string of the molecule is O=C(/C=C/c1ccn2c1cnc1ccccc12)Oc1ccccc1. The largest absolute Gasteiger partial charge is 0.423 e. The Hall–Kier alpha value is -3.40. The van der Waals surface area contributed by atoms with E-state index in [1.54, 1.807) is 18.2 Å². The first-order valence-corrected chi connectivity index (χ1v) is 7.61. The number of hydrogen-bond acceptors (Lipinski definition) is 3. The number of benzene rings is 2. The summed E-state index contributed by atoms with van der Waals surface area (Å²) in [6, 6.07) is 18.9. The van der Waals surface area contributed by atoms with Crippen LogP contribution in [0.5, 0.6) is 5.75 Å². The Morgan fingerprint density at radius 3 is 2.62 bits per heavy atom. The van der Waals surface area contributed by atoms with E-state index in [9.17, 15) is 4.79 Å². The number of esters is 1. The van der Waals surface area contributed by atoms with E-state index in [0.717, 1.165) is 22.1 Å². The Labute approximate surface area is 138 Å². The van der Waals surface area contributed by atoms with E-state index in [4.69, 9.17) is 4.74 Å². The van der Waals surface area contributed by atoms with E-state index >= 15 is 0 Å². The summed E-state index contributed by atoms with van der Waals surface area (Å²) in [6.45, 7) is 0. The second kappa shape index (κ2) is 6.01. The van der Waals surface area contributed by atoms with Crippen LogP contribution in [0.4, 0.5) is 0 Å². The van der Waals surface area contributed by atoms with E-state index in [1.165, 1.54) is 6.08 Å². The zero-order chi connectivity index (χ0) is 16.4. The third kappa shape index (κ3) is 2.65. The van der Waals surface area contributed by atoms with Gasteiger partial charge in [0.1, 0.15) is 5.75 Å². The molecule has 2 aromatic heterocycles. The van der Waals surface area contributed by atoms with Gasteiger partial charge in [-0.15, -0.1) is 0 Å². The van der Waals surface area contributed by atoms with Crippen molar-refractivity contribution in [2.24, 2.45) is 0 Å². The van der Waals surface area contributed by atoms with Gasteiger partial charge in [0.15, 0.2) is 0 Å². The lowest BCUT2D eigenvalue weighted by Crippen LogP contribution is -2.03. The first-order chi connectivity index (χ1) is 11.8. The van der Waals surface area contributed by atoms with Crippen LogP contribution in [0.15, 0.2) is 79.1 Å². The zero-order valence-electron chi connectivity index (χ0n) is 12.8. The van der Waals surface area contributed by atoms with Crippen molar-refractivity contribution in [1.29, 1.82) is 0 Å². The fraction of sp³-hybridized carbons (Fsp3) is 0. The maximum absolute atomic E-state index is 11.9. The van der Waals surface area contributed by atoms with Crippen LogP contribution in [-0.4, -0.2) is 15.4 Å². The topological polar surface area (TPSA) is 43.6 Å². The quantitative estimate of drug-likeness (QED) is 0.325. The summed E-state index contributed by atoms with van der Waals surface area (Å²) in [5.74, 6) is 0.121. The lowest BCUT2D eigenvalue weighted by molar-refractivity contribution is -0.128. The molecule has 4 rings (SSSR count). The highest BCUT2D eigenvalue weighted by Crippen LogP contribution is 2.20. The van der Waals surface area contributed by atoms with E-state index in [1.807, 2.05) is 60.9 Å². The summed E-state index contributed by atoms with van der Waals surface area (Å²) in [5.41, 5.74) is 3.82. The van der Waals surface area contributed by atoms with Gasteiger partial charge in [0.25, 0.3) is 0 Å². The van der Waals surface area contributed by atoms with Gasteiger partial charge in [0, 0.05) is 17.8 Å². The zero-order valence-corrected chi connectivity index (χ0v) is 12.8. The Morgan fingerprint density at radius 1 is 0.958 bits per heavy atom. The summed E-state index contributed by atoms with van der Waals surface area (Å²) in [4.78, 5) is 16.4. The van der Waals surface area contributed by atoms with Crippen LogP contribution in [0.25, 0.3) is 22.6 Å². The number of nitrogens with zero attached hydrogens (tertiary/aromatic N) is 2. The average molecular weight is 314 g/mol. The highest BCUT2D eigenvalue weighted by atomic mass is 16.5. The van der Waals surface area contributed by atoms with Gasteiger partial charge in [-0.25, -0.2) is 4.79 Å². The van der Waals surface area contributed by atoms with E-state index < -0.39 is 5.97 Å². The second-order valence-electron chi connectivity index (χ2n) is 5.34. The molecule has 0 aliphatic rings. The summed E-state index contributed by atoms with van der Waals surface area (Å²) in [6.07, 6.45) is 6.96. The summed E-state index contributed by atoms with van der Waals surface area (Å²) in [5, 5.41) is 0. The standard InChI is InChI=1S/C20H14N2O2/c23-20(24-16-6-2-1-3-7-16)11-10-15-12-13-22-18-9-5-4-8-17(18)21-14-19(15)22/h1-14H/b11-10+. The Balaban J connectivity index is 1.62. The fourth-order valence-corrected chi connectivity index (χ4v) is 2.65. The van der Waals surface area contributed by atoms with Crippen molar-refractivity contribution < 1.29 is 9.53 Å². The highest BCUT2D eigenvalue weighted by molar-refractivity contribution is 5.91. The number of rotatable bonds is 3. The average Bonchev–Trinajstić information content (AvgIpc) is 3.04. The molecule has 0 aliphatic carbocycles. The third-order valence-corrected chi connectivity index (χ3v) is 3.79. The number of para-hydroxylation sites is 3. The van der Waals surface area contributed by atoms with E-state index in [0.29, 0.717) is 5.75 Å². The molecule has 0 radical (unpaired) electrons. The molecule has 24 heavy (non-hydrogen) atoms. The smallest absolute Gasteiger partial charge is 0.336 e. The maximum Gasteiger partial charge on any atom is 0.336 e. The van der Waals surface area contributed by atoms with Gasteiger partial charge in [-0.1, -0.05) is 30.3 Å². The minimum Gasteiger partial charge on any atom is -0.423 e. The first-order valence-electron chi connectivity index (χ1n) is 7.61. The van der Waals surface area contributed by atoms with Gasteiger partial charge in [-0.3, -0.25) is 4.98 Å². The number of ether oxygens (including phenoxy) is 1. The summed E-state index contributed by atoms with van der Waals surface area (Å²) < 4.78 is 7.31. The molecule has 0 amide bonds. The van der Waals surface area contributed by atoms with Gasteiger partial charge < -0.3 is 9.14 Å². The number of aromatic nitrogens is 2. The highest BCUT2D eigenvalue weighted by Gasteiger charge is 2.05. The van der Waals surface area contributed by atoms with Gasteiger partial charge >= 0.3 is 5.97 Å². The van der Waals surface area contributed by atoms with Crippen LogP contribution >= 0.6 is 0 Å². The summed E-state index contributed by atoms with van der Waals surface area (Å²) in [7, 11) is 0. The molecule has 116 valence electrons. The van der Waals surface area contributed by atoms with Crippen molar-refractivity contribution in [3.05, 3.63) is 84.7 Å². The van der Waals surface area contributed by atoms with Crippen molar-refractivity contribution in [2.75, 3.05) is 0 Å². The van der Waals surface area contributed by atoms with Gasteiger partial charge in [-0.2, -0.15) is 0 Å². The van der Waals surface area contributed by atoms with Crippen LogP contribution in [0.1, 0.15) is 5.56 Å². The molecule has 2 heterocycles. The molecule has 0 saturated carbocycles. The number of hydrogen-bond donors (Lipinski definition) is 0. The molecule has 4 heteroatoms. The molecule has 0 spiro atoms. The maximum atomic E-state index is 11.9. The summed E-state index contributed by atoms with van der Waals surface area (Å²) >= 11 is 0. The van der Waals surface area contributed by atoms with Crippen LogP contribution < -0.4 is 4.74 Å². The van der Waals surface area contributed by atoms with Crippen molar-refractivity contribution in [3.8, 4) is 5.75 Å². The molecule has 4 nitrogen and oxygen atoms in total. The molecule has 2 aromatic carbocycles. The Morgan fingerprint density at radius 2 is 1.75 bits per heavy atom. The molecule has 4 aromatic rings. The molecule has 0 bridgehead atoms. The Bertz CT molecular complexity index is 1050. The molecule has 0 saturated heterocycles. The minimum absolute atomic E-state index is 0.408. The van der Waals surface area contributed by atoms with Gasteiger partial charge in [-0.05, 0) is 36.4 Å². The molecule has 0 fully saturated rings. The number of carbonyl (C=O) groups excluding carboxylic acids is 1. The lowest BCUT2D eigenvalue weighted by Gasteiger charge is -2.02. The lowest BCUT2D eigenvalue weighted by atomic mass is 10.2. The molecule has 0 aliphatic heterocycles. The van der Waals surface area contributed by atoms with Crippen molar-refractivity contribution in [1.82, 2.24) is 9.38 Å². The first kappa shape index (κ1) is 14.2. The monoisotopic (exact) mass is 314 g/mol. The fourth-order valence-electron chi connectivity index (χ4n) is 2.65. The van der Waals surface area contributed by atoms with Gasteiger partial charge in [0.2, 0.25) is 0 Å². The van der Waals surface area contributed by atoms with Crippen molar-refractivity contribution in [3.63, 3.8) is 0 Å². The van der Waals surface area contributed by atoms with E-state index in [2.05, 4.69) is 9.38 Å². The normalized spacial score (nSPS) is 11.3. The minimum atomic E-state index is -0.408. The van der Waals surface area contributed by atoms with Crippen LogP contribution in [0.3, 0.4) is 0 Å². The number of fused-ring (bicyclic) bond motifs is 3. The van der Waals surface area contributed by atoms with Crippen LogP contribution in [0, 0.1) is 0 Å². The Kier molecular flexibility index (Phi) is 3.56. The van der Waals surface area contributed by atoms with Crippen molar-refractivity contribution in [2.45, 2.75) is 0 Å². The number of carbonyl (C=O) groups is 1. The van der Waals surface area contributed by atoms with E-state index in [-0.39, 0.29) is 0 Å².